The maximum Gasteiger partial charge on any atom is 0.223 e. The Hall–Kier alpha value is -3.03. The molecule has 1 aliphatic rings. The first kappa shape index (κ1) is 21.2. The maximum absolute atomic E-state index is 11.4. The van der Waals surface area contributed by atoms with E-state index in [1.807, 2.05) is 53.2 Å². The summed E-state index contributed by atoms with van der Waals surface area (Å²) >= 11 is 7.92. The Balaban J connectivity index is 1.76. The number of thioether (sulfide) groups is 1. The summed E-state index contributed by atoms with van der Waals surface area (Å²) in [6.45, 7) is 0.994. The van der Waals surface area contributed by atoms with E-state index in [-0.39, 0.29) is 24.7 Å². The highest BCUT2D eigenvalue weighted by molar-refractivity contribution is 8.03. The molecule has 0 fully saturated rings. The molecular formula is C23H22ClN4O2S+. The van der Waals surface area contributed by atoms with Crippen LogP contribution in [0.4, 0.5) is 5.69 Å². The highest BCUT2D eigenvalue weighted by Crippen LogP contribution is 2.46. The number of amides is 2. The van der Waals surface area contributed by atoms with E-state index in [4.69, 9.17) is 23.1 Å². The van der Waals surface area contributed by atoms with Crippen LogP contribution in [0.5, 0.6) is 0 Å². The molecule has 31 heavy (non-hydrogen) atoms. The van der Waals surface area contributed by atoms with Crippen molar-refractivity contribution in [1.29, 1.82) is 0 Å². The molecule has 0 spiro atoms. The van der Waals surface area contributed by atoms with Gasteiger partial charge in [-0.1, -0.05) is 35.5 Å². The fraction of sp³-hybridized carbons (Fsp3) is 0.174. The number of carbonyl (C=O) groups is 2. The molecule has 8 heteroatoms. The molecule has 0 saturated heterocycles. The van der Waals surface area contributed by atoms with Crippen LogP contribution in [0.15, 0.2) is 64.7 Å². The summed E-state index contributed by atoms with van der Waals surface area (Å²) in [6, 6.07) is 15.8. The quantitative estimate of drug-likeness (QED) is 0.536. The Labute approximate surface area is 189 Å². The zero-order valence-corrected chi connectivity index (χ0v) is 18.3. The van der Waals surface area contributed by atoms with E-state index in [2.05, 4.69) is 17.0 Å². The zero-order valence-electron chi connectivity index (χ0n) is 16.8. The second kappa shape index (κ2) is 8.99. The Morgan fingerprint density at radius 3 is 2.61 bits per heavy atom. The average molecular weight is 454 g/mol. The second-order valence-corrected chi connectivity index (χ2v) is 8.76. The summed E-state index contributed by atoms with van der Waals surface area (Å²) in [5.41, 5.74) is 13.7. The summed E-state index contributed by atoms with van der Waals surface area (Å²) in [6.07, 6.45) is 4.57. The summed E-state index contributed by atoms with van der Waals surface area (Å²) in [4.78, 5) is 25.9. The lowest BCUT2D eigenvalue weighted by molar-refractivity contribution is -0.670. The first-order valence-electron chi connectivity index (χ1n) is 9.87. The van der Waals surface area contributed by atoms with Crippen LogP contribution in [-0.4, -0.2) is 18.4 Å². The van der Waals surface area contributed by atoms with Gasteiger partial charge in [0.15, 0.2) is 12.7 Å². The van der Waals surface area contributed by atoms with Gasteiger partial charge in [0, 0.05) is 35.0 Å². The van der Waals surface area contributed by atoms with Gasteiger partial charge in [0.2, 0.25) is 17.3 Å². The Bertz CT molecular complexity index is 1210. The van der Waals surface area contributed by atoms with E-state index in [9.17, 15) is 9.59 Å². The van der Waals surface area contributed by atoms with Gasteiger partial charge in [0.25, 0.3) is 0 Å². The summed E-state index contributed by atoms with van der Waals surface area (Å²) in [5, 5.41) is 2.65. The molecule has 0 aliphatic carbocycles. The monoisotopic (exact) mass is 453 g/mol. The van der Waals surface area contributed by atoms with E-state index in [1.54, 1.807) is 11.8 Å². The lowest BCUT2D eigenvalue weighted by atomic mass is 10.1. The van der Waals surface area contributed by atoms with Crippen LogP contribution in [0.2, 0.25) is 5.02 Å². The zero-order chi connectivity index (χ0) is 22.0. The van der Waals surface area contributed by atoms with Crippen LogP contribution >= 0.6 is 23.4 Å². The number of pyridine rings is 1. The van der Waals surface area contributed by atoms with Crippen molar-refractivity contribution in [3.8, 4) is 0 Å². The normalized spacial score (nSPS) is 14.2. The van der Waals surface area contributed by atoms with Gasteiger partial charge < -0.3 is 16.4 Å². The van der Waals surface area contributed by atoms with Crippen molar-refractivity contribution in [2.45, 2.75) is 24.3 Å². The van der Waals surface area contributed by atoms with Crippen LogP contribution in [0.1, 0.15) is 18.4 Å². The third-order valence-electron chi connectivity index (χ3n) is 5.11. The second-order valence-electron chi connectivity index (χ2n) is 7.26. The van der Waals surface area contributed by atoms with Crippen LogP contribution < -0.4 is 20.9 Å². The minimum absolute atomic E-state index is 0.249. The van der Waals surface area contributed by atoms with Crippen molar-refractivity contribution >= 4 is 57.8 Å². The molecule has 4 N–H and O–H groups in total. The number of benzene rings is 2. The average Bonchev–Trinajstić information content (AvgIpc) is 3.08. The lowest BCUT2D eigenvalue weighted by Gasteiger charge is -2.20. The number of rotatable bonds is 7. The maximum atomic E-state index is 11.4. The molecule has 4 rings (SSSR count). The van der Waals surface area contributed by atoms with Gasteiger partial charge >= 0.3 is 0 Å². The van der Waals surface area contributed by atoms with Crippen molar-refractivity contribution in [3.05, 3.63) is 70.3 Å². The molecule has 2 amide bonds. The molecule has 3 aromatic rings. The van der Waals surface area contributed by atoms with Crippen molar-refractivity contribution < 1.29 is 14.2 Å². The molecule has 2 heterocycles. The molecule has 0 unspecified atom stereocenters. The van der Waals surface area contributed by atoms with E-state index in [1.165, 1.54) is 0 Å². The van der Waals surface area contributed by atoms with Gasteiger partial charge in [-0.05, 0) is 35.9 Å². The Kier molecular flexibility index (Phi) is 6.15. The highest BCUT2D eigenvalue weighted by atomic mass is 35.5. The number of aryl methyl sites for hydroxylation is 1. The first-order chi connectivity index (χ1) is 14.9. The van der Waals surface area contributed by atoms with Crippen LogP contribution in [-0.2, 0) is 16.1 Å². The van der Waals surface area contributed by atoms with Crippen LogP contribution in [0, 0.1) is 0 Å². The molecule has 158 valence electrons. The van der Waals surface area contributed by atoms with Gasteiger partial charge in [0.05, 0.1) is 22.5 Å². The Morgan fingerprint density at radius 1 is 1.06 bits per heavy atom. The lowest BCUT2D eigenvalue weighted by Crippen LogP contribution is -2.36. The fourth-order valence-corrected chi connectivity index (χ4v) is 4.93. The van der Waals surface area contributed by atoms with Crippen molar-refractivity contribution in [2.24, 2.45) is 11.5 Å². The number of fused-ring (bicyclic) bond motifs is 2. The molecule has 6 nitrogen and oxygen atoms in total. The number of aromatic nitrogens is 1. The summed E-state index contributed by atoms with van der Waals surface area (Å²) in [7, 11) is 0. The minimum atomic E-state index is -0.348. The topological polar surface area (TPSA) is 93.3 Å². The van der Waals surface area contributed by atoms with E-state index < -0.39 is 0 Å². The smallest absolute Gasteiger partial charge is 0.223 e. The molecule has 1 aromatic heterocycles. The number of carbonyl (C=O) groups excluding carboxylic acids is 2. The third kappa shape index (κ3) is 4.68. The molecule has 1 aliphatic heterocycles. The standard InChI is InChI=1S/C23H21ClN4O2S/c24-16-5-6-17-15(7-10-27(19(17)14-16)11-8-21(25)29)13-23-28(12-9-22(26)30)18-3-1-2-4-20(18)31-23/h1-7,10,13-14H,8-9,11-12H2,(H3-,25,26,29,30)/p+1. The number of hydrogen-bond acceptors (Lipinski definition) is 4. The number of primary amides is 2. The minimum Gasteiger partial charge on any atom is -0.370 e. The number of nitrogens with zero attached hydrogens (tertiary/aromatic N) is 2. The third-order valence-corrected chi connectivity index (χ3v) is 6.46. The van der Waals surface area contributed by atoms with Gasteiger partial charge in [-0.3, -0.25) is 9.59 Å². The predicted molar refractivity (Wildman–Crippen MR) is 124 cm³/mol. The fourth-order valence-electron chi connectivity index (χ4n) is 3.62. The molecule has 0 atom stereocenters. The van der Waals surface area contributed by atoms with E-state index in [0.717, 1.165) is 32.1 Å². The van der Waals surface area contributed by atoms with Gasteiger partial charge in [-0.25, -0.2) is 0 Å². The number of para-hydroxylation sites is 1. The number of anilines is 1. The van der Waals surface area contributed by atoms with Crippen molar-refractivity contribution in [2.75, 3.05) is 11.4 Å². The van der Waals surface area contributed by atoms with Crippen molar-refractivity contribution in [3.63, 3.8) is 0 Å². The number of halogens is 1. The van der Waals surface area contributed by atoms with Gasteiger partial charge in [-0.15, -0.1) is 0 Å². The van der Waals surface area contributed by atoms with Crippen molar-refractivity contribution in [1.82, 2.24) is 0 Å². The number of hydrogen-bond donors (Lipinski definition) is 2. The molecule has 0 radical (unpaired) electrons. The Morgan fingerprint density at radius 2 is 1.84 bits per heavy atom. The number of nitrogens with two attached hydrogens (primary N) is 2. The molecule has 0 bridgehead atoms. The highest BCUT2D eigenvalue weighted by Gasteiger charge is 2.25. The van der Waals surface area contributed by atoms with Crippen LogP contribution in [0.3, 0.4) is 0 Å². The van der Waals surface area contributed by atoms with Gasteiger partial charge in [-0.2, -0.15) is 4.57 Å². The molecule has 2 aromatic carbocycles. The van der Waals surface area contributed by atoms with E-state index in [0.29, 0.717) is 18.1 Å². The van der Waals surface area contributed by atoms with Gasteiger partial charge in [0.1, 0.15) is 0 Å². The van der Waals surface area contributed by atoms with Crippen LogP contribution in [0.25, 0.3) is 17.0 Å². The molecular weight excluding hydrogens is 432 g/mol. The molecule has 0 saturated carbocycles. The summed E-state index contributed by atoms with van der Waals surface area (Å²) in [5.74, 6) is -0.678. The summed E-state index contributed by atoms with van der Waals surface area (Å²) < 4.78 is 1.98. The first-order valence-corrected chi connectivity index (χ1v) is 11.1. The van der Waals surface area contributed by atoms with E-state index >= 15 is 0 Å². The largest absolute Gasteiger partial charge is 0.370 e. The predicted octanol–water partition coefficient (Wildman–Crippen LogP) is 3.44. The SMILES string of the molecule is NC(=O)CCN1C(=Cc2cc[n+](CCC(N)=O)c3cc(Cl)ccc23)Sc2ccccc21.